The second kappa shape index (κ2) is 8.17. The Morgan fingerprint density at radius 1 is 1.16 bits per heavy atom. The van der Waals surface area contributed by atoms with Gasteiger partial charge in [0.1, 0.15) is 5.75 Å². The second-order valence-corrected chi connectivity index (χ2v) is 6.94. The molecule has 0 saturated carbocycles. The number of carbonyl (C=O) groups is 1. The van der Waals surface area contributed by atoms with Crippen LogP contribution in [0.1, 0.15) is 52.4 Å². The van der Waals surface area contributed by atoms with Crippen LogP contribution in [-0.4, -0.2) is 30.0 Å². The highest BCUT2D eigenvalue weighted by atomic mass is 16.3. The minimum absolute atomic E-state index is 0.0781. The first-order valence-corrected chi connectivity index (χ1v) is 8.63. The number of carbonyl (C=O) groups excluding carboxylic acids is 1. The van der Waals surface area contributed by atoms with Crippen molar-refractivity contribution in [1.82, 2.24) is 10.2 Å². The largest absolute Gasteiger partial charge is 0.508 e. The van der Waals surface area contributed by atoms with Crippen LogP contribution in [0.4, 0.5) is 0 Å². The Kier molecular flexibility index (Phi) is 6.21. The number of aryl methyl sites for hydroxylation is 1. The monoisotopic (exact) mass is 340 g/mol. The highest BCUT2D eigenvalue weighted by molar-refractivity contribution is 5.93. The molecule has 0 aliphatic heterocycles. The molecule has 0 aromatic heterocycles. The number of nitrogens with one attached hydrogen (secondary N) is 1. The standard InChI is InChI=1S/C21H28N2O2/c1-14(2)19-11-18(20(24)10-15(19)3)13-23(5)12-16-6-8-17(9-7-16)21(25)22-4/h6-11,14,24H,12-13H2,1-5H3,(H,22,25). The van der Waals surface area contributed by atoms with E-state index in [2.05, 4.69) is 30.1 Å². The first-order chi connectivity index (χ1) is 11.8. The summed E-state index contributed by atoms with van der Waals surface area (Å²) in [5, 5.41) is 12.9. The van der Waals surface area contributed by atoms with Crippen LogP contribution in [0.25, 0.3) is 0 Å². The number of benzene rings is 2. The van der Waals surface area contributed by atoms with Crippen molar-refractivity contribution in [3.8, 4) is 5.75 Å². The summed E-state index contributed by atoms with van der Waals surface area (Å²) in [6.07, 6.45) is 0. The maximum atomic E-state index is 11.6. The van der Waals surface area contributed by atoms with E-state index in [0.717, 1.165) is 23.2 Å². The highest BCUT2D eigenvalue weighted by Gasteiger charge is 2.12. The van der Waals surface area contributed by atoms with Gasteiger partial charge in [0.15, 0.2) is 0 Å². The van der Waals surface area contributed by atoms with E-state index < -0.39 is 0 Å². The Morgan fingerprint density at radius 3 is 2.36 bits per heavy atom. The number of aromatic hydroxyl groups is 1. The molecule has 134 valence electrons. The van der Waals surface area contributed by atoms with Gasteiger partial charge in [0, 0.05) is 31.3 Å². The maximum absolute atomic E-state index is 11.6. The lowest BCUT2D eigenvalue weighted by Gasteiger charge is -2.20. The average molecular weight is 340 g/mol. The Labute approximate surface area is 150 Å². The summed E-state index contributed by atoms with van der Waals surface area (Å²) in [5.41, 5.74) is 5.14. The minimum Gasteiger partial charge on any atom is -0.508 e. The Morgan fingerprint density at radius 2 is 1.80 bits per heavy atom. The number of phenolic OH excluding ortho intramolecular Hbond substituents is 1. The zero-order valence-electron chi connectivity index (χ0n) is 15.8. The van der Waals surface area contributed by atoms with E-state index in [9.17, 15) is 9.90 Å². The van der Waals surface area contributed by atoms with Gasteiger partial charge in [0.25, 0.3) is 5.91 Å². The van der Waals surface area contributed by atoms with Crippen molar-refractivity contribution in [2.45, 2.75) is 39.8 Å². The zero-order chi connectivity index (χ0) is 18.6. The van der Waals surface area contributed by atoms with Crippen molar-refractivity contribution in [1.29, 1.82) is 0 Å². The Balaban J connectivity index is 2.08. The number of hydrogen-bond acceptors (Lipinski definition) is 3. The van der Waals surface area contributed by atoms with Crippen LogP contribution in [0.15, 0.2) is 36.4 Å². The third-order valence-electron chi connectivity index (χ3n) is 4.43. The van der Waals surface area contributed by atoms with Gasteiger partial charge < -0.3 is 10.4 Å². The van der Waals surface area contributed by atoms with Crippen LogP contribution in [0, 0.1) is 6.92 Å². The topological polar surface area (TPSA) is 52.6 Å². The summed E-state index contributed by atoms with van der Waals surface area (Å²) in [5.74, 6) is 0.705. The summed E-state index contributed by atoms with van der Waals surface area (Å²) >= 11 is 0. The molecule has 0 saturated heterocycles. The van der Waals surface area contributed by atoms with E-state index in [4.69, 9.17) is 0 Å². The first-order valence-electron chi connectivity index (χ1n) is 8.63. The van der Waals surface area contributed by atoms with Crippen LogP contribution in [0.2, 0.25) is 0 Å². The Hall–Kier alpha value is -2.33. The zero-order valence-corrected chi connectivity index (χ0v) is 15.8. The fourth-order valence-corrected chi connectivity index (χ4v) is 3.07. The summed E-state index contributed by atoms with van der Waals surface area (Å²) in [7, 11) is 3.66. The predicted octanol–water partition coefficient (Wildman–Crippen LogP) is 3.82. The molecule has 0 aliphatic carbocycles. The molecule has 0 heterocycles. The number of amides is 1. The minimum atomic E-state index is -0.0781. The van der Waals surface area contributed by atoms with Crippen LogP contribution in [0.5, 0.6) is 5.75 Å². The summed E-state index contributed by atoms with van der Waals surface area (Å²) in [6, 6.07) is 11.6. The average Bonchev–Trinajstić information content (AvgIpc) is 2.57. The van der Waals surface area contributed by atoms with Crippen molar-refractivity contribution in [3.05, 3.63) is 64.2 Å². The molecule has 0 spiro atoms. The fraction of sp³-hybridized carbons (Fsp3) is 0.381. The van der Waals surface area contributed by atoms with Gasteiger partial charge >= 0.3 is 0 Å². The van der Waals surface area contributed by atoms with Gasteiger partial charge in [0.2, 0.25) is 0 Å². The molecule has 0 radical (unpaired) electrons. The van der Waals surface area contributed by atoms with Gasteiger partial charge in [0.05, 0.1) is 0 Å². The smallest absolute Gasteiger partial charge is 0.251 e. The van der Waals surface area contributed by atoms with Crippen molar-refractivity contribution in [2.24, 2.45) is 0 Å². The number of nitrogens with zero attached hydrogens (tertiary/aromatic N) is 1. The van der Waals surface area contributed by atoms with E-state index in [-0.39, 0.29) is 5.91 Å². The van der Waals surface area contributed by atoms with Crippen molar-refractivity contribution in [3.63, 3.8) is 0 Å². The molecule has 0 atom stereocenters. The second-order valence-electron chi connectivity index (χ2n) is 6.94. The molecule has 25 heavy (non-hydrogen) atoms. The number of hydrogen-bond donors (Lipinski definition) is 2. The van der Waals surface area contributed by atoms with E-state index in [1.54, 1.807) is 7.05 Å². The van der Waals surface area contributed by atoms with Crippen LogP contribution in [-0.2, 0) is 13.1 Å². The van der Waals surface area contributed by atoms with Gasteiger partial charge in [-0.2, -0.15) is 0 Å². The van der Waals surface area contributed by atoms with E-state index in [1.807, 2.05) is 44.3 Å². The fourth-order valence-electron chi connectivity index (χ4n) is 3.07. The molecule has 2 N–H and O–H groups in total. The van der Waals surface area contributed by atoms with E-state index in [0.29, 0.717) is 23.8 Å². The highest BCUT2D eigenvalue weighted by Crippen LogP contribution is 2.28. The molecule has 0 unspecified atom stereocenters. The molecular weight excluding hydrogens is 312 g/mol. The third-order valence-corrected chi connectivity index (χ3v) is 4.43. The number of phenols is 1. The maximum Gasteiger partial charge on any atom is 0.251 e. The van der Waals surface area contributed by atoms with Gasteiger partial charge in [-0.1, -0.05) is 32.0 Å². The van der Waals surface area contributed by atoms with Gasteiger partial charge in [-0.3, -0.25) is 9.69 Å². The number of rotatable bonds is 6. The predicted molar refractivity (Wildman–Crippen MR) is 102 cm³/mol. The van der Waals surface area contributed by atoms with Crippen molar-refractivity contribution < 1.29 is 9.90 Å². The molecule has 2 aromatic rings. The quantitative estimate of drug-likeness (QED) is 0.840. The van der Waals surface area contributed by atoms with Crippen molar-refractivity contribution in [2.75, 3.05) is 14.1 Å². The molecule has 4 nitrogen and oxygen atoms in total. The molecule has 1 amide bonds. The molecular formula is C21H28N2O2. The lowest BCUT2D eigenvalue weighted by atomic mass is 9.95. The Bertz CT molecular complexity index is 736. The van der Waals surface area contributed by atoms with E-state index >= 15 is 0 Å². The molecule has 0 bridgehead atoms. The lowest BCUT2D eigenvalue weighted by molar-refractivity contribution is 0.0963. The normalized spacial score (nSPS) is 11.2. The molecule has 0 fully saturated rings. The van der Waals surface area contributed by atoms with Crippen LogP contribution < -0.4 is 5.32 Å². The van der Waals surface area contributed by atoms with Crippen molar-refractivity contribution >= 4 is 5.91 Å². The molecule has 2 aromatic carbocycles. The van der Waals surface area contributed by atoms with Gasteiger partial charge in [-0.25, -0.2) is 0 Å². The van der Waals surface area contributed by atoms with E-state index in [1.165, 1.54) is 5.56 Å². The van der Waals surface area contributed by atoms with Gasteiger partial charge in [-0.05, 0) is 54.8 Å². The third kappa shape index (κ3) is 4.83. The van der Waals surface area contributed by atoms with Crippen LogP contribution in [0.3, 0.4) is 0 Å². The first kappa shape index (κ1) is 19.0. The summed E-state index contributed by atoms with van der Waals surface area (Å²) < 4.78 is 0. The molecule has 2 rings (SSSR count). The molecule has 4 heteroatoms. The van der Waals surface area contributed by atoms with Gasteiger partial charge in [-0.15, -0.1) is 0 Å². The lowest BCUT2D eigenvalue weighted by Crippen LogP contribution is -2.19. The summed E-state index contributed by atoms with van der Waals surface area (Å²) in [4.78, 5) is 13.7. The molecule has 0 aliphatic rings. The van der Waals surface area contributed by atoms with Crippen LogP contribution >= 0.6 is 0 Å². The summed E-state index contributed by atoms with van der Waals surface area (Å²) in [6.45, 7) is 7.79. The SMILES string of the molecule is CNC(=O)c1ccc(CN(C)Cc2cc(C(C)C)c(C)cc2O)cc1.